The molecule has 1 heterocycles. The maximum Gasteiger partial charge on any atom is 0.208 e. The minimum absolute atomic E-state index is 0.0462. The van der Waals surface area contributed by atoms with Gasteiger partial charge in [-0.1, -0.05) is 44.7 Å². The van der Waals surface area contributed by atoms with Crippen molar-refractivity contribution in [2.45, 2.75) is 31.3 Å². The van der Waals surface area contributed by atoms with Crippen molar-refractivity contribution >= 4 is 11.8 Å². The lowest BCUT2D eigenvalue weighted by Gasteiger charge is -2.12. The van der Waals surface area contributed by atoms with Crippen LogP contribution in [-0.4, -0.2) is 27.5 Å². The number of H-pyrrole nitrogens is 1. The molecule has 0 unspecified atom stereocenters. The molecule has 1 aromatic carbocycles. The average molecular weight is 295 g/mol. The number of rotatable bonds is 5. The number of thioether (sulfide) groups is 1. The Labute approximate surface area is 122 Å². The summed E-state index contributed by atoms with van der Waals surface area (Å²) < 4.78 is 18.7. The molecule has 0 aliphatic carbocycles. The van der Waals surface area contributed by atoms with Crippen LogP contribution in [0.1, 0.15) is 26.6 Å². The van der Waals surface area contributed by atoms with Crippen LogP contribution in [0.4, 0.5) is 4.39 Å². The molecule has 0 saturated heterocycles. The van der Waals surface area contributed by atoms with E-state index in [0.717, 1.165) is 5.82 Å². The summed E-state index contributed by atoms with van der Waals surface area (Å²) in [5.74, 6) is 1.45. The van der Waals surface area contributed by atoms with E-state index in [9.17, 15) is 4.39 Å². The summed E-state index contributed by atoms with van der Waals surface area (Å²) >= 11 is 1.48. The number of aromatic nitrogens is 3. The highest BCUT2D eigenvalue weighted by Gasteiger charge is 2.18. The monoisotopic (exact) mass is 295 g/mol. The van der Waals surface area contributed by atoms with Crippen LogP contribution < -0.4 is 4.74 Å². The van der Waals surface area contributed by atoms with E-state index < -0.39 is 0 Å². The Hall–Kier alpha value is -1.56. The zero-order chi connectivity index (χ0) is 14.6. The standard InChI is InChI=1S/C14H18FN3OS/c1-14(2,3)12-16-13(18-17-12)20-9-8-19-11-7-5-4-6-10(11)15/h4-7H,8-9H2,1-3H3,(H,16,17,18). The first kappa shape index (κ1) is 14.8. The Kier molecular flexibility index (Phi) is 4.65. The first-order chi connectivity index (χ1) is 9.47. The largest absolute Gasteiger partial charge is 0.490 e. The molecule has 20 heavy (non-hydrogen) atoms. The first-order valence-corrected chi connectivity index (χ1v) is 7.38. The van der Waals surface area contributed by atoms with Crippen molar-refractivity contribution in [3.63, 3.8) is 0 Å². The van der Waals surface area contributed by atoms with Crippen LogP contribution in [0.25, 0.3) is 0 Å². The molecule has 0 saturated carbocycles. The Morgan fingerprint density at radius 1 is 1.30 bits per heavy atom. The second-order valence-corrected chi connectivity index (χ2v) is 6.41. The molecule has 0 atom stereocenters. The fourth-order valence-corrected chi connectivity index (χ4v) is 2.11. The minimum Gasteiger partial charge on any atom is -0.490 e. The highest BCUT2D eigenvalue weighted by atomic mass is 32.2. The van der Waals surface area contributed by atoms with Crippen molar-refractivity contribution in [2.75, 3.05) is 12.4 Å². The Bertz CT molecular complexity index is 566. The van der Waals surface area contributed by atoms with Gasteiger partial charge in [-0.15, -0.1) is 5.10 Å². The lowest BCUT2D eigenvalue weighted by atomic mass is 9.96. The maximum absolute atomic E-state index is 13.3. The van der Waals surface area contributed by atoms with Gasteiger partial charge < -0.3 is 4.74 Å². The van der Waals surface area contributed by atoms with Gasteiger partial charge in [-0.2, -0.15) is 0 Å². The Balaban J connectivity index is 1.79. The highest BCUT2D eigenvalue weighted by molar-refractivity contribution is 7.99. The van der Waals surface area contributed by atoms with Crippen molar-refractivity contribution in [1.82, 2.24) is 15.2 Å². The number of ether oxygens (including phenoxy) is 1. The molecule has 0 radical (unpaired) electrons. The van der Waals surface area contributed by atoms with E-state index in [0.29, 0.717) is 17.5 Å². The van der Waals surface area contributed by atoms with Crippen molar-refractivity contribution in [2.24, 2.45) is 0 Å². The predicted octanol–water partition coefficient (Wildman–Crippen LogP) is 3.41. The van der Waals surface area contributed by atoms with Gasteiger partial charge in [0.05, 0.1) is 6.61 Å². The third-order valence-corrected chi connectivity index (χ3v) is 3.40. The molecule has 108 valence electrons. The van der Waals surface area contributed by atoms with Gasteiger partial charge in [0, 0.05) is 11.2 Å². The third kappa shape index (κ3) is 3.96. The van der Waals surface area contributed by atoms with Crippen LogP contribution in [0.2, 0.25) is 0 Å². The van der Waals surface area contributed by atoms with Gasteiger partial charge in [0.2, 0.25) is 5.16 Å². The first-order valence-electron chi connectivity index (χ1n) is 6.40. The van der Waals surface area contributed by atoms with Gasteiger partial charge >= 0.3 is 0 Å². The van der Waals surface area contributed by atoms with E-state index in [2.05, 4.69) is 36.0 Å². The molecule has 6 heteroatoms. The molecule has 0 fully saturated rings. The summed E-state index contributed by atoms with van der Waals surface area (Å²) in [5.41, 5.74) is -0.0462. The number of nitrogens with zero attached hydrogens (tertiary/aromatic N) is 2. The van der Waals surface area contributed by atoms with Gasteiger partial charge in [0.25, 0.3) is 0 Å². The number of hydrogen-bond donors (Lipinski definition) is 1. The topological polar surface area (TPSA) is 50.8 Å². The van der Waals surface area contributed by atoms with E-state index in [1.54, 1.807) is 18.2 Å². The van der Waals surface area contributed by atoms with Crippen LogP contribution in [0.5, 0.6) is 5.75 Å². The molecule has 0 bridgehead atoms. The molecule has 2 rings (SSSR count). The number of benzene rings is 1. The number of hydrogen-bond acceptors (Lipinski definition) is 4. The van der Waals surface area contributed by atoms with Crippen LogP contribution in [-0.2, 0) is 5.41 Å². The van der Waals surface area contributed by atoms with E-state index in [4.69, 9.17) is 4.74 Å². The lowest BCUT2D eigenvalue weighted by molar-refractivity contribution is 0.325. The smallest absolute Gasteiger partial charge is 0.208 e. The van der Waals surface area contributed by atoms with E-state index in [1.807, 2.05) is 0 Å². The van der Waals surface area contributed by atoms with Crippen molar-refractivity contribution in [3.05, 3.63) is 35.9 Å². The molecule has 1 aromatic heterocycles. The number of nitrogens with one attached hydrogen (secondary N) is 1. The summed E-state index contributed by atoms with van der Waals surface area (Å²) in [5, 5.41) is 7.76. The van der Waals surface area contributed by atoms with Gasteiger partial charge in [-0.3, -0.25) is 5.10 Å². The quantitative estimate of drug-likeness (QED) is 0.678. The fourth-order valence-electron chi connectivity index (χ4n) is 1.49. The summed E-state index contributed by atoms with van der Waals surface area (Å²) in [6, 6.07) is 6.38. The molecule has 0 amide bonds. The van der Waals surface area contributed by atoms with Crippen molar-refractivity contribution in [1.29, 1.82) is 0 Å². The zero-order valence-electron chi connectivity index (χ0n) is 11.8. The summed E-state index contributed by atoms with van der Waals surface area (Å²) in [6.07, 6.45) is 0. The van der Waals surface area contributed by atoms with Crippen LogP contribution >= 0.6 is 11.8 Å². The molecule has 0 aliphatic rings. The lowest BCUT2D eigenvalue weighted by Crippen LogP contribution is -2.13. The van der Waals surface area contributed by atoms with E-state index in [1.165, 1.54) is 17.8 Å². The van der Waals surface area contributed by atoms with E-state index in [-0.39, 0.29) is 17.0 Å². The summed E-state index contributed by atoms with van der Waals surface area (Å²) in [6.45, 7) is 6.63. The molecule has 1 N–H and O–H groups in total. The van der Waals surface area contributed by atoms with Crippen LogP contribution in [0, 0.1) is 5.82 Å². The number of aromatic amines is 1. The molecule has 0 spiro atoms. The summed E-state index contributed by atoms with van der Waals surface area (Å²) in [7, 11) is 0. The SMILES string of the molecule is CC(C)(C)c1nc(SCCOc2ccccc2F)n[nH]1. The second kappa shape index (κ2) is 6.26. The fraction of sp³-hybridized carbons (Fsp3) is 0.429. The highest BCUT2D eigenvalue weighted by Crippen LogP contribution is 2.21. The van der Waals surface area contributed by atoms with Gasteiger partial charge in [0.1, 0.15) is 5.82 Å². The molecule has 4 nitrogen and oxygen atoms in total. The molecule has 0 aliphatic heterocycles. The second-order valence-electron chi connectivity index (χ2n) is 5.34. The Morgan fingerprint density at radius 2 is 2.05 bits per heavy atom. The third-order valence-electron chi connectivity index (χ3n) is 2.58. The average Bonchev–Trinajstić information content (AvgIpc) is 2.85. The van der Waals surface area contributed by atoms with Gasteiger partial charge in [0.15, 0.2) is 11.6 Å². The van der Waals surface area contributed by atoms with Crippen molar-refractivity contribution < 1.29 is 9.13 Å². The normalized spacial score (nSPS) is 11.6. The van der Waals surface area contributed by atoms with Crippen molar-refractivity contribution in [3.8, 4) is 5.75 Å². The molecular formula is C14H18FN3OS. The maximum atomic E-state index is 13.3. The Morgan fingerprint density at radius 3 is 2.70 bits per heavy atom. The summed E-state index contributed by atoms with van der Waals surface area (Å²) in [4.78, 5) is 4.41. The minimum atomic E-state index is -0.342. The van der Waals surface area contributed by atoms with Crippen LogP contribution in [0.3, 0.4) is 0 Å². The number of para-hydroxylation sites is 1. The van der Waals surface area contributed by atoms with Gasteiger partial charge in [-0.05, 0) is 12.1 Å². The molecule has 2 aromatic rings. The van der Waals surface area contributed by atoms with Gasteiger partial charge in [-0.25, -0.2) is 9.37 Å². The molecular weight excluding hydrogens is 277 g/mol. The number of halogens is 1. The zero-order valence-corrected chi connectivity index (χ0v) is 12.6. The predicted molar refractivity (Wildman–Crippen MR) is 77.7 cm³/mol. The van der Waals surface area contributed by atoms with Crippen LogP contribution in [0.15, 0.2) is 29.4 Å². The van der Waals surface area contributed by atoms with E-state index >= 15 is 0 Å².